The van der Waals surface area contributed by atoms with Gasteiger partial charge in [-0.2, -0.15) is 0 Å². The molecule has 0 amide bonds. The number of carbonyl (C=O) groups excluding carboxylic acids is 2. The van der Waals surface area contributed by atoms with Gasteiger partial charge in [0.1, 0.15) is 19.8 Å². The zero-order valence-electron chi connectivity index (χ0n) is 60.5. The minimum absolute atomic E-state index is 0.0259. The number of rotatable bonds is 70. The lowest BCUT2D eigenvalue weighted by molar-refractivity contribution is -0.870. The number of esters is 2. The Morgan fingerprint density at radius 3 is 0.924 bits per heavy atom. The van der Waals surface area contributed by atoms with E-state index in [0.29, 0.717) is 17.4 Å². The number of nitrogens with zero attached hydrogens (tertiary/aromatic N) is 1. The van der Waals surface area contributed by atoms with Gasteiger partial charge in [-0.1, -0.05) is 334 Å². The van der Waals surface area contributed by atoms with E-state index in [1.165, 1.54) is 199 Å². The van der Waals surface area contributed by atoms with E-state index >= 15 is 0 Å². The number of phosphoric ester groups is 1. The topological polar surface area (TPSA) is 108 Å². The molecule has 0 spiro atoms. The number of phosphoric acid groups is 1. The molecule has 0 heterocycles. The van der Waals surface area contributed by atoms with Gasteiger partial charge in [0.15, 0.2) is 6.10 Å². The van der Waals surface area contributed by atoms with E-state index in [4.69, 9.17) is 18.5 Å². The van der Waals surface area contributed by atoms with Crippen LogP contribution in [0.25, 0.3) is 0 Å². The van der Waals surface area contributed by atoms with Crippen LogP contribution >= 0.6 is 7.82 Å². The Balaban J connectivity index is 4.03. The van der Waals surface area contributed by atoms with E-state index < -0.39 is 26.5 Å². The second-order valence-electron chi connectivity index (χ2n) is 26.7. The number of allylic oxidation sites excluding steroid dienone is 20. The summed E-state index contributed by atoms with van der Waals surface area (Å²) in [5, 5.41) is 0. The van der Waals surface area contributed by atoms with E-state index in [1.54, 1.807) is 0 Å². The maximum absolute atomic E-state index is 12.9. The predicted molar refractivity (Wildman–Crippen MR) is 399 cm³/mol. The fourth-order valence-corrected chi connectivity index (χ4v) is 11.4. The summed E-state index contributed by atoms with van der Waals surface area (Å²) >= 11 is 0. The van der Waals surface area contributed by atoms with E-state index in [0.717, 1.165) is 103 Å². The third-order valence-corrected chi connectivity index (χ3v) is 17.5. The Hall–Kier alpha value is -3.59. The quantitative estimate of drug-likeness (QED) is 0.0211. The molecule has 1 N–H and O–H groups in total. The normalized spacial score (nSPS) is 13.8. The monoisotopic (exact) mass is 1300 g/mol. The van der Waals surface area contributed by atoms with Gasteiger partial charge in [0, 0.05) is 12.8 Å². The molecule has 0 aromatic carbocycles. The highest BCUT2D eigenvalue weighted by Gasteiger charge is 2.27. The number of ether oxygens (including phenoxy) is 2. The van der Waals surface area contributed by atoms with Gasteiger partial charge in [0.25, 0.3) is 0 Å². The van der Waals surface area contributed by atoms with Crippen molar-refractivity contribution in [3.8, 4) is 0 Å². The predicted octanol–water partition coefficient (Wildman–Crippen LogP) is 25.4. The highest BCUT2D eigenvalue weighted by Crippen LogP contribution is 2.43. The molecular formula is C82H145NO8P+. The van der Waals surface area contributed by atoms with Gasteiger partial charge >= 0.3 is 19.8 Å². The first-order valence-corrected chi connectivity index (χ1v) is 39.8. The number of carbonyl (C=O) groups is 2. The molecule has 0 aliphatic heterocycles. The third-order valence-electron chi connectivity index (χ3n) is 16.5. The Labute approximate surface area is 568 Å². The summed E-state index contributed by atoms with van der Waals surface area (Å²) < 4.78 is 34.8. The van der Waals surface area contributed by atoms with E-state index in [1.807, 2.05) is 21.1 Å². The summed E-state index contributed by atoms with van der Waals surface area (Å²) in [7, 11) is 1.47. The van der Waals surface area contributed by atoms with Crippen LogP contribution in [0.3, 0.4) is 0 Å². The first-order valence-electron chi connectivity index (χ1n) is 38.3. The lowest BCUT2D eigenvalue weighted by Crippen LogP contribution is -2.37. The molecule has 2 atom stereocenters. The van der Waals surface area contributed by atoms with Gasteiger partial charge in [-0.05, 0) is 109 Å². The van der Waals surface area contributed by atoms with Crippen molar-refractivity contribution in [2.24, 2.45) is 0 Å². The van der Waals surface area contributed by atoms with E-state index in [9.17, 15) is 19.0 Å². The van der Waals surface area contributed by atoms with Gasteiger partial charge in [-0.3, -0.25) is 18.6 Å². The standard InChI is InChI=1S/C82H144NO8P/c1-6-8-10-12-14-16-18-20-22-24-26-28-30-32-34-36-38-40-41-43-44-46-48-50-52-54-56-58-60-62-64-66-68-70-72-74-81(84)88-78-80(79-90-92(86,87)89-77-76-83(3,4)5)91-82(85)75-73-71-69-67-65-63-61-59-57-55-53-51-49-47-45-42-39-37-35-33-31-29-27-25-23-21-19-17-15-13-11-9-7-2/h9,11,15,17-18,20-21,23-24,26-27,29,33,35,39,42,47,49,53,55,80H,6-8,10,12-14,16,19,22,25,28,30-32,34,36-38,40-41,43-46,48,50-52,54,56-79H2,1-5H3/p+1/b11-9-,17-15-,20-18-,23-21-,26-24-,29-27-,35-33-,42-39-,49-47-,55-53-. The molecule has 0 aliphatic rings. The van der Waals surface area contributed by atoms with Crippen molar-refractivity contribution in [2.45, 2.75) is 341 Å². The Morgan fingerprint density at radius 1 is 0.348 bits per heavy atom. The van der Waals surface area contributed by atoms with Gasteiger partial charge in [-0.25, -0.2) is 4.57 Å². The van der Waals surface area contributed by atoms with Crippen molar-refractivity contribution >= 4 is 19.8 Å². The highest BCUT2D eigenvalue weighted by atomic mass is 31.2. The largest absolute Gasteiger partial charge is 0.472 e. The number of likely N-dealkylation sites (N-methyl/N-ethyl adjacent to an activating group) is 1. The van der Waals surface area contributed by atoms with Gasteiger partial charge in [-0.15, -0.1) is 0 Å². The smallest absolute Gasteiger partial charge is 0.462 e. The van der Waals surface area contributed by atoms with Crippen molar-refractivity contribution in [1.29, 1.82) is 0 Å². The lowest BCUT2D eigenvalue weighted by atomic mass is 10.0. The zero-order chi connectivity index (χ0) is 66.9. The maximum atomic E-state index is 12.9. The highest BCUT2D eigenvalue weighted by molar-refractivity contribution is 7.47. The molecule has 530 valence electrons. The van der Waals surface area contributed by atoms with Crippen molar-refractivity contribution in [1.82, 2.24) is 0 Å². The number of unbranched alkanes of at least 4 members (excludes halogenated alkanes) is 36. The average molecular weight is 1300 g/mol. The van der Waals surface area contributed by atoms with E-state index in [2.05, 4.69) is 135 Å². The van der Waals surface area contributed by atoms with Crippen LogP contribution in [0.5, 0.6) is 0 Å². The SMILES string of the molecule is CC/C=C\C/C=C\C/C=C\C/C=C\C/C=C\C/C=C\C/C=C\C/C=C\CCCCCCCCCCC(=O)OC(COC(=O)CCCCCCCCCCCCCCCCCCCCCCCCC/C=C\C/C=C\CCCCCCC)COP(=O)(O)OCC[N+](C)(C)C. The Bertz CT molecular complexity index is 1970. The van der Waals surface area contributed by atoms with Gasteiger partial charge in [0.05, 0.1) is 27.7 Å². The molecule has 0 rings (SSSR count). The third kappa shape index (κ3) is 75.4. The zero-order valence-corrected chi connectivity index (χ0v) is 61.4. The lowest BCUT2D eigenvalue weighted by Gasteiger charge is -2.24. The van der Waals surface area contributed by atoms with Crippen LogP contribution in [-0.2, 0) is 32.7 Å². The molecule has 0 radical (unpaired) electrons. The second kappa shape index (κ2) is 71.7. The molecule has 0 saturated heterocycles. The van der Waals surface area contributed by atoms with Crippen LogP contribution in [0.2, 0.25) is 0 Å². The maximum Gasteiger partial charge on any atom is 0.472 e. The first kappa shape index (κ1) is 88.4. The molecule has 92 heavy (non-hydrogen) atoms. The molecule has 0 aliphatic carbocycles. The molecule has 0 saturated carbocycles. The number of hydrogen-bond donors (Lipinski definition) is 1. The summed E-state index contributed by atoms with van der Waals surface area (Å²) in [5.74, 6) is -0.801. The molecule has 0 bridgehead atoms. The summed E-state index contributed by atoms with van der Waals surface area (Å²) in [6, 6.07) is 0. The Kier molecular flexibility index (Phi) is 68.9. The van der Waals surface area contributed by atoms with Crippen molar-refractivity contribution < 1.29 is 42.1 Å². The molecule has 0 aromatic rings. The second-order valence-corrected chi connectivity index (χ2v) is 28.1. The summed E-state index contributed by atoms with van der Waals surface area (Å²) in [6.45, 7) is 4.33. The molecule has 9 nitrogen and oxygen atoms in total. The summed E-state index contributed by atoms with van der Waals surface area (Å²) in [4.78, 5) is 36.0. The molecule has 2 unspecified atom stereocenters. The van der Waals surface area contributed by atoms with Crippen LogP contribution < -0.4 is 0 Å². The van der Waals surface area contributed by atoms with Crippen LogP contribution in [0, 0.1) is 0 Å². The van der Waals surface area contributed by atoms with Gasteiger partial charge in [0.2, 0.25) is 0 Å². The molecule has 0 aromatic heterocycles. The number of hydrogen-bond acceptors (Lipinski definition) is 7. The minimum Gasteiger partial charge on any atom is -0.462 e. The molecule has 0 fully saturated rings. The summed E-state index contributed by atoms with van der Waals surface area (Å²) in [6.07, 6.45) is 103. The van der Waals surface area contributed by atoms with E-state index in [-0.39, 0.29) is 32.0 Å². The minimum atomic E-state index is -4.40. The van der Waals surface area contributed by atoms with Crippen LogP contribution in [0.1, 0.15) is 335 Å². The fourth-order valence-electron chi connectivity index (χ4n) is 10.7. The number of quaternary nitrogens is 1. The van der Waals surface area contributed by atoms with Crippen molar-refractivity contribution in [2.75, 3.05) is 47.5 Å². The average Bonchev–Trinajstić information content (AvgIpc) is 2.23. The van der Waals surface area contributed by atoms with Gasteiger partial charge < -0.3 is 18.9 Å². The van der Waals surface area contributed by atoms with Crippen LogP contribution in [0.15, 0.2) is 122 Å². The van der Waals surface area contributed by atoms with Crippen molar-refractivity contribution in [3.63, 3.8) is 0 Å². The fraction of sp³-hybridized carbons (Fsp3) is 0.732. The first-order chi connectivity index (χ1) is 45.0. The Morgan fingerprint density at radius 2 is 0.620 bits per heavy atom. The molecule has 10 heteroatoms. The molecular weight excluding hydrogens is 1160 g/mol. The van der Waals surface area contributed by atoms with Crippen LogP contribution in [-0.4, -0.2) is 74.9 Å². The van der Waals surface area contributed by atoms with Crippen molar-refractivity contribution in [3.05, 3.63) is 122 Å². The summed E-state index contributed by atoms with van der Waals surface area (Å²) in [5.41, 5.74) is 0. The van der Waals surface area contributed by atoms with Crippen LogP contribution in [0.4, 0.5) is 0 Å².